The molecule has 1 aromatic rings. The number of aromatic carboxylic acids is 1. The van der Waals surface area contributed by atoms with Crippen molar-refractivity contribution in [3.63, 3.8) is 0 Å². The summed E-state index contributed by atoms with van der Waals surface area (Å²) in [4.78, 5) is 21.7. The smallest absolute Gasteiger partial charge is 0.422 e. The fourth-order valence-electron chi connectivity index (χ4n) is 1.26. The molecule has 1 amide bonds. The third-order valence-corrected chi connectivity index (χ3v) is 1.92. The van der Waals surface area contributed by atoms with Crippen LogP contribution >= 0.6 is 0 Å². The second kappa shape index (κ2) is 5.59. The normalized spacial score (nSPS) is 10.9. The zero-order valence-electron chi connectivity index (χ0n) is 9.75. The first-order chi connectivity index (χ1) is 8.69. The minimum atomic E-state index is -4.56. The molecule has 0 saturated heterocycles. The van der Waals surface area contributed by atoms with Crippen molar-refractivity contribution < 1.29 is 32.6 Å². The number of amides is 1. The summed E-state index contributed by atoms with van der Waals surface area (Å²) in [5.74, 6) is -2.30. The molecule has 0 saturated carbocycles. The van der Waals surface area contributed by atoms with Crippen molar-refractivity contribution in [2.24, 2.45) is 0 Å². The van der Waals surface area contributed by atoms with Crippen molar-refractivity contribution in [1.82, 2.24) is 0 Å². The predicted molar refractivity (Wildman–Crippen MR) is 59.3 cm³/mol. The number of anilines is 1. The van der Waals surface area contributed by atoms with Crippen LogP contribution in [0.1, 0.15) is 17.3 Å². The van der Waals surface area contributed by atoms with Gasteiger partial charge in [0.2, 0.25) is 5.91 Å². The molecule has 0 bridgehead atoms. The Kier molecular flexibility index (Phi) is 4.36. The Bertz CT molecular complexity index is 499. The van der Waals surface area contributed by atoms with Crippen LogP contribution in [0.2, 0.25) is 0 Å². The molecule has 0 atom stereocenters. The maximum atomic E-state index is 12.0. The molecule has 0 heterocycles. The number of ether oxygens (including phenoxy) is 1. The summed E-state index contributed by atoms with van der Waals surface area (Å²) >= 11 is 0. The van der Waals surface area contributed by atoms with Gasteiger partial charge in [-0.1, -0.05) is 0 Å². The van der Waals surface area contributed by atoms with Gasteiger partial charge in [-0.05, 0) is 18.2 Å². The number of carbonyl (C=O) groups excluding carboxylic acids is 1. The first kappa shape index (κ1) is 14.8. The molecule has 2 N–H and O–H groups in total. The number of carboxylic acid groups (broad SMARTS) is 1. The molecule has 0 aliphatic carbocycles. The van der Waals surface area contributed by atoms with E-state index in [-0.39, 0.29) is 5.69 Å². The molecule has 0 aliphatic heterocycles. The highest BCUT2D eigenvalue weighted by Crippen LogP contribution is 2.25. The number of rotatable bonds is 4. The Labute approximate surface area is 106 Å². The van der Waals surface area contributed by atoms with Crippen LogP contribution < -0.4 is 10.1 Å². The van der Waals surface area contributed by atoms with E-state index in [0.717, 1.165) is 12.1 Å². The molecule has 0 aliphatic rings. The van der Waals surface area contributed by atoms with Crippen LogP contribution in [0.25, 0.3) is 0 Å². The minimum absolute atomic E-state index is 0.157. The number of hydrogen-bond acceptors (Lipinski definition) is 3. The van der Waals surface area contributed by atoms with Crippen molar-refractivity contribution in [3.05, 3.63) is 23.8 Å². The quantitative estimate of drug-likeness (QED) is 0.885. The molecular weight excluding hydrogens is 267 g/mol. The van der Waals surface area contributed by atoms with E-state index in [2.05, 4.69) is 10.1 Å². The van der Waals surface area contributed by atoms with Crippen LogP contribution in [0.4, 0.5) is 18.9 Å². The number of hydrogen-bond donors (Lipinski definition) is 2. The highest BCUT2D eigenvalue weighted by Gasteiger charge is 2.29. The Balaban J connectivity index is 2.98. The molecule has 104 valence electrons. The van der Waals surface area contributed by atoms with Crippen LogP contribution in [0.3, 0.4) is 0 Å². The lowest BCUT2D eigenvalue weighted by molar-refractivity contribution is -0.153. The monoisotopic (exact) mass is 277 g/mol. The summed E-state index contributed by atoms with van der Waals surface area (Å²) < 4.78 is 40.4. The third kappa shape index (κ3) is 4.86. The first-order valence-corrected chi connectivity index (χ1v) is 5.03. The Morgan fingerprint density at radius 3 is 2.47 bits per heavy atom. The predicted octanol–water partition coefficient (Wildman–Crippen LogP) is 2.28. The molecule has 0 spiro atoms. The fraction of sp³-hybridized carbons (Fsp3) is 0.273. The number of carbonyl (C=O) groups is 2. The summed E-state index contributed by atoms with van der Waals surface area (Å²) in [5, 5.41) is 11.2. The Morgan fingerprint density at radius 2 is 2.00 bits per heavy atom. The summed E-state index contributed by atoms with van der Waals surface area (Å²) in [6, 6.07) is 3.33. The molecule has 0 fully saturated rings. The second-order valence-electron chi connectivity index (χ2n) is 3.60. The standard InChI is InChI=1S/C11H10F3NO4/c1-6(16)15-7-2-3-9(8(4-7)10(17)18)19-5-11(12,13)14/h2-4H,5H2,1H3,(H,15,16)(H,17,18). The molecule has 19 heavy (non-hydrogen) atoms. The topological polar surface area (TPSA) is 75.6 Å². The highest BCUT2D eigenvalue weighted by molar-refractivity contribution is 5.95. The largest absolute Gasteiger partial charge is 0.483 e. The summed E-state index contributed by atoms with van der Waals surface area (Å²) in [7, 11) is 0. The molecule has 1 rings (SSSR count). The van der Waals surface area contributed by atoms with Crippen LogP contribution in [-0.2, 0) is 4.79 Å². The first-order valence-electron chi connectivity index (χ1n) is 5.03. The highest BCUT2D eigenvalue weighted by atomic mass is 19.4. The van der Waals surface area contributed by atoms with Gasteiger partial charge in [-0.3, -0.25) is 4.79 Å². The van der Waals surface area contributed by atoms with E-state index in [4.69, 9.17) is 5.11 Å². The SMILES string of the molecule is CC(=O)Nc1ccc(OCC(F)(F)F)c(C(=O)O)c1. The minimum Gasteiger partial charge on any atom is -0.483 e. The van der Waals surface area contributed by atoms with Crippen molar-refractivity contribution in [3.8, 4) is 5.75 Å². The summed E-state index contributed by atoms with van der Waals surface area (Å²) in [6.07, 6.45) is -4.56. The lowest BCUT2D eigenvalue weighted by Gasteiger charge is -2.12. The van der Waals surface area contributed by atoms with Gasteiger partial charge in [0, 0.05) is 12.6 Å². The van der Waals surface area contributed by atoms with Gasteiger partial charge in [-0.15, -0.1) is 0 Å². The molecule has 0 aromatic heterocycles. The van der Waals surface area contributed by atoms with Crippen LogP contribution in [0.15, 0.2) is 18.2 Å². The summed E-state index contributed by atoms with van der Waals surface area (Å²) in [5.41, 5.74) is -0.306. The number of carboxylic acids is 1. The van der Waals surface area contributed by atoms with Gasteiger partial charge in [0.25, 0.3) is 0 Å². The molecule has 0 radical (unpaired) electrons. The number of halogens is 3. The van der Waals surface area contributed by atoms with Crippen LogP contribution in [0.5, 0.6) is 5.75 Å². The molecule has 1 aromatic carbocycles. The van der Waals surface area contributed by atoms with Gasteiger partial charge >= 0.3 is 12.1 Å². The fourth-order valence-corrected chi connectivity index (χ4v) is 1.26. The van der Waals surface area contributed by atoms with Crippen molar-refractivity contribution in [2.75, 3.05) is 11.9 Å². The lowest BCUT2D eigenvalue weighted by Crippen LogP contribution is -2.20. The second-order valence-corrected chi connectivity index (χ2v) is 3.60. The van der Waals surface area contributed by atoms with Crippen molar-refractivity contribution >= 4 is 17.6 Å². The van der Waals surface area contributed by atoms with Crippen LogP contribution in [-0.4, -0.2) is 29.8 Å². The van der Waals surface area contributed by atoms with E-state index in [0.29, 0.717) is 0 Å². The number of benzene rings is 1. The van der Waals surface area contributed by atoms with E-state index >= 15 is 0 Å². The van der Waals surface area contributed by atoms with Gasteiger partial charge in [-0.25, -0.2) is 4.79 Å². The van der Waals surface area contributed by atoms with Gasteiger partial charge in [0.05, 0.1) is 0 Å². The maximum absolute atomic E-state index is 12.0. The maximum Gasteiger partial charge on any atom is 0.422 e. The molecule has 0 unspecified atom stereocenters. The summed E-state index contributed by atoms with van der Waals surface area (Å²) in [6.45, 7) is -0.374. The average Bonchev–Trinajstić information content (AvgIpc) is 2.25. The molecule has 5 nitrogen and oxygen atoms in total. The zero-order valence-corrected chi connectivity index (χ0v) is 9.75. The zero-order chi connectivity index (χ0) is 14.6. The van der Waals surface area contributed by atoms with E-state index < -0.39 is 36.0 Å². The van der Waals surface area contributed by atoms with Crippen molar-refractivity contribution in [2.45, 2.75) is 13.1 Å². The lowest BCUT2D eigenvalue weighted by atomic mass is 10.1. The number of alkyl halides is 3. The van der Waals surface area contributed by atoms with E-state index in [9.17, 15) is 22.8 Å². The Morgan fingerprint density at radius 1 is 1.37 bits per heavy atom. The molecule has 8 heteroatoms. The van der Waals surface area contributed by atoms with Gasteiger partial charge < -0.3 is 15.2 Å². The van der Waals surface area contributed by atoms with Crippen molar-refractivity contribution in [1.29, 1.82) is 0 Å². The van der Waals surface area contributed by atoms with Gasteiger partial charge in [-0.2, -0.15) is 13.2 Å². The van der Waals surface area contributed by atoms with E-state index in [1.807, 2.05) is 0 Å². The average molecular weight is 277 g/mol. The van der Waals surface area contributed by atoms with E-state index in [1.54, 1.807) is 0 Å². The van der Waals surface area contributed by atoms with E-state index in [1.165, 1.54) is 13.0 Å². The third-order valence-electron chi connectivity index (χ3n) is 1.92. The molecular formula is C11H10F3NO4. The Hall–Kier alpha value is -2.25. The van der Waals surface area contributed by atoms with Gasteiger partial charge in [0.15, 0.2) is 6.61 Å². The van der Waals surface area contributed by atoms with Crippen LogP contribution in [0, 0.1) is 0 Å². The number of nitrogens with one attached hydrogen (secondary N) is 1. The van der Waals surface area contributed by atoms with Gasteiger partial charge in [0.1, 0.15) is 11.3 Å².